The van der Waals surface area contributed by atoms with E-state index in [2.05, 4.69) is 20.7 Å². The van der Waals surface area contributed by atoms with Gasteiger partial charge in [-0.25, -0.2) is 4.98 Å². The fourth-order valence-corrected chi connectivity index (χ4v) is 4.25. The van der Waals surface area contributed by atoms with Crippen molar-refractivity contribution >= 4 is 33.3 Å². The van der Waals surface area contributed by atoms with Crippen molar-refractivity contribution < 1.29 is 4.79 Å². The summed E-state index contributed by atoms with van der Waals surface area (Å²) in [5.41, 5.74) is 0.202. The smallest absolute Gasteiger partial charge is 0.281 e. The van der Waals surface area contributed by atoms with Gasteiger partial charge in [0, 0.05) is 23.5 Å². The Morgan fingerprint density at radius 3 is 2.88 bits per heavy atom. The number of hydrogen-bond donors (Lipinski definition) is 2. The zero-order chi connectivity index (χ0) is 18.1. The highest BCUT2D eigenvalue weighted by Gasteiger charge is 2.20. The molecule has 1 saturated heterocycles. The SMILES string of the molecule is Cn1nc(C(=O)Nc2ncc(C3CCNCC3)s2)c(=O)c2ccccc21. The van der Waals surface area contributed by atoms with E-state index in [1.165, 1.54) is 16.2 Å². The summed E-state index contributed by atoms with van der Waals surface area (Å²) >= 11 is 1.47. The van der Waals surface area contributed by atoms with Crippen molar-refractivity contribution in [2.24, 2.45) is 7.05 Å². The molecule has 1 aliphatic heterocycles. The molecule has 3 aromatic rings. The van der Waals surface area contributed by atoms with E-state index in [1.54, 1.807) is 29.9 Å². The highest BCUT2D eigenvalue weighted by Crippen LogP contribution is 2.31. The number of hydrogen-bond acceptors (Lipinski definition) is 6. The number of aromatic nitrogens is 3. The summed E-state index contributed by atoms with van der Waals surface area (Å²) in [6.07, 6.45) is 3.97. The molecule has 134 valence electrons. The molecule has 0 spiro atoms. The second-order valence-corrected chi connectivity index (χ2v) is 7.43. The molecule has 1 aromatic carbocycles. The van der Waals surface area contributed by atoms with Gasteiger partial charge in [-0.15, -0.1) is 11.3 Å². The minimum Gasteiger partial charge on any atom is -0.317 e. The van der Waals surface area contributed by atoms with Crippen LogP contribution in [0.4, 0.5) is 5.13 Å². The summed E-state index contributed by atoms with van der Waals surface area (Å²) in [6.45, 7) is 2.00. The molecule has 0 radical (unpaired) electrons. The number of amides is 1. The summed E-state index contributed by atoms with van der Waals surface area (Å²) in [5.74, 6) is -0.0476. The highest BCUT2D eigenvalue weighted by atomic mass is 32.1. The van der Waals surface area contributed by atoms with Gasteiger partial charge < -0.3 is 5.32 Å². The van der Waals surface area contributed by atoms with Gasteiger partial charge in [0.15, 0.2) is 10.8 Å². The van der Waals surface area contributed by atoms with Crippen LogP contribution in [-0.2, 0) is 7.05 Å². The van der Waals surface area contributed by atoms with Crippen LogP contribution in [0.5, 0.6) is 0 Å². The molecule has 4 rings (SSSR count). The average Bonchev–Trinajstić information content (AvgIpc) is 3.14. The lowest BCUT2D eigenvalue weighted by atomic mass is 9.97. The van der Waals surface area contributed by atoms with Crippen molar-refractivity contribution in [3.63, 3.8) is 0 Å². The summed E-state index contributed by atoms with van der Waals surface area (Å²) in [5, 5.41) is 11.2. The van der Waals surface area contributed by atoms with Crippen molar-refractivity contribution in [2.75, 3.05) is 18.4 Å². The van der Waals surface area contributed by atoms with Crippen LogP contribution in [0.2, 0.25) is 0 Å². The van der Waals surface area contributed by atoms with Gasteiger partial charge in [-0.2, -0.15) is 5.10 Å². The van der Waals surface area contributed by atoms with E-state index in [-0.39, 0.29) is 11.1 Å². The Labute approximate surface area is 154 Å². The predicted octanol–water partition coefficient (Wildman–Crippen LogP) is 2.11. The number of nitrogens with one attached hydrogen (secondary N) is 2. The van der Waals surface area contributed by atoms with Gasteiger partial charge >= 0.3 is 0 Å². The molecule has 2 aromatic heterocycles. The van der Waals surface area contributed by atoms with E-state index in [1.807, 2.05) is 12.3 Å². The second kappa shape index (κ2) is 6.97. The summed E-state index contributed by atoms with van der Waals surface area (Å²) in [7, 11) is 1.72. The van der Waals surface area contributed by atoms with Crippen molar-refractivity contribution in [3.05, 3.63) is 51.3 Å². The van der Waals surface area contributed by atoms with Crippen molar-refractivity contribution in [1.82, 2.24) is 20.1 Å². The first kappa shape index (κ1) is 16.9. The normalized spacial score (nSPS) is 15.3. The Morgan fingerprint density at radius 1 is 1.31 bits per heavy atom. The number of carbonyl (C=O) groups is 1. The predicted molar refractivity (Wildman–Crippen MR) is 102 cm³/mol. The number of rotatable bonds is 3. The first-order chi connectivity index (χ1) is 12.6. The zero-order valence-corrected chi connectivity index (χ0v) is 15.2. The maximum Gasteiger partial charge on any atom is 0.281 e. The molecule has 1 amide bonds. The third-order valence-corrected chi connectivity index (χ3v) is 5.74. The van der Waals surface area contributed by atoms with Gasteiger partial charge in [0.25, 0.3) is 5.91 Å². The van der Waals surface area contributed by atoms with Crippen LogP contribution in [0.3, 0.4) is 0 Å². The van der Waals surface area contributed by atoms with Crippen LogP contribution in [0, 0.1) is 0 Å². The van der Waals surface area contributed by atoms with E-state index in [9.17, 15) is 9.59 Å². The average molecular weight is 369 g/mol. The Hall–Kier alpha value is -2.58. The Kier molecular flexibility index (Phi) is 4.52. The zero-order valence-electron chi connectivity index (χ0n) is 14.4. The van der Waals surface area contributed by atoms with E-state index in [0.717, 1.165) is 25.9 Å². The molecular formula is C18H19N5O2S. The molecule has 1 aliphatic rings. The first-order valence-electron chi connectivity index (χ1n) is 8.57. The van der Waals surface area contributed by atoms with Crippen molar-refractivity contribution in [2.45, 2.75) is 18.8 Å². The molecule has 0 saturated carbocycles. The molecule has 2 N–H and O–H groups in total. The summed E-state index contributed by atoms with van der Waals surface area (Å²) < 4.78 is 1.55. The number of piperidine rings is 1. The number of carbonyl (C=O) groups excluding carboxylic acids is 1. The van der Waals surface area contributed by atoms with E-state index < -0.39 is 5.91 Å². The number of aryl methyl sites for hydroxylation is 1. The number of nitrogens with zero attached hydrogens (tertiary/aromatic N) is 3. The minimum absolute atomic E-state index is 0.121. The quantitative estimate of drug-likeness (QED) is 0.738. The van der Waals surface area contributed by atoms with Gasteiger partial charge in [0.1, 0.15) is 0 Å². The fraction of sp³-hybridized carbons (Fsp3) is 0.333. The largest absolute Gasteiger partial charge is 0.317 e. The van der Waals surface area contributed by atoms with Crippen LogP contribution in [0.1, 0.15) is 34.1 Å². The van der Waals surface area contributed by atoms with Gasteiger partial charge in [-0.1, -0.05) is 12.1 Å². The van der Waals surface area contributed by atoms with Crippen LogP contribution in [0.15, 0.2) is 35.3 Å². The van der Waals surface area contributed by atoms with Gasteiger partial charge in [0.2, 0.25) is 5.43 Å². The maximum atomic E-state index is 12.6. The summed E-state index contributed by atoms with van der Waals surface area (Å²) in [6, 6.07) is 7.12. The fourth-order valence-electron chi connectivity index (χ4n) is 3.27. The van der Waals surface area contributed by atoms with Crippen LogP contribution < -0.4 is 16.1 Å². The monoisotopic (exact) mass is 369 g/mol. The number of benzene rings is 1. The lowest BCUT2D eigenvalue weighted by Crippen LogP contribution is -2.26. The van der Waals surface area contributed by atoms with Crippen molar-refractivity contribution in [1.29, 1.82) is 0 Å². The van der Waals surface area contributed by atoms with E-state index in [4.69, 9.17) is 0 Å². The highest BCUT2D eigenvalue weighted by molar-refractivity contribution is 7.15. The molecule has 7 nitrogen and oxygen atoms in total. The van der Waals surface area contributed by atoms with Crippen molar-refractivity contribution in [3.8, 4) is 0 Å². The van der Waals surface area contributed by atoms with Crippen LogP contribution in [-0.4, -0.2) is 33.8 Å². The number of anilines is 1. The van der Waals surface area contributed by atoms with Gasteiger partial charge in [-0.3, -0.25) is 19.6 Å². The summed E-state index contributed by atoms with van der Waals surface area (Å²) in [4.78, 5) is 30.7. The number of thiazole rings is 1. The molecule has 26 heavy (non-hydrogen) atoms. The molecular weight excluding hydrogens is 350 g/mol. The lowest BCUT2D eigenvalue weighted by molar-refractivity contribution is 0.101. The topological polar surface area (TPSA) is 88.9 Å². The Bertz CT molecular complexity index is 1020. The molecule has 1 fully saturated rings. The molecule has 0 bridgehead atoms. The third kappa shape index (κ3) is 3.13. The third-order valence-electron chi connectivity index (χ3n) is 4.66. The molecule has 0 unspecified atom stereocenters. The van der Waals surface area contributed by atoms with Gasteiger partial charge in [0.05, 0.1) is 5.52 Å². The van der Waals surface area contributed by atoms with Gasteiger partial charge in [-0.05, 0) is 44.0 Å². The van der Waals surface area contributed by atoms with E-state index >= 15 is 0 Å². The molecule has 8 heteroatoms. The first-order valence-corrected chi connectivity index (χ1v) is 9.39. The second-order valence-electron chi connectivity index (χ2n) is 6.36. The number of para-hydroxylation sites is 1. The number of fused-ring (bicyclic) bond motifs is 1. The van der Waals surface area contributed by atoms with Crippen LogP contribution >= 0.6 is 11.3 Å². The maximum absolute atomic E-state index is 12.6. The Balaban J connectivity index is 1.59. The Morgan fingerprint density at radius 2 is 2.08 bits per heavy atom. The lowest BCUT2D eigenvalue weighted by Gasteiger charge is -2.20. The van der Waals surface area contributed by atoms with E-state index in [0.29, 0.717) is 22.0 Å². The molecule has 0 aliphatic carbocycles. The van der Waals surface area contributed by atoms with Crippen LogP contribution in [0.25, 0.3) is 10.9 Å². The standard InChI is InChI=1S/C18H19N5O2S/c1-23-13-5-3-2-4-12(13)16(24)15(22-23)17(25)21-18-20-10-14(26-18)11-6-8-19-9-7-11/h2-5,10-11,19H,6-9H2,1H3,(H,20,21,25). The minimum atomic E-state index is -0.525. The molecule has 3 heterocycles. The molecule has 0 atom stereocenters.